The third-order valence-corrected chi connectivity index (χ3v) is 3.99. The summed E-state index contributed by atoms with van der Waals surface area (Å²) in [6.07, 6.45) is 0.432. The monoisotopic (exact) mass is 306 g/mol. The van der Waals surface area contributed by atoms with Gasteiger partial charge in [0, 0.05) is 19.6 Å². The van der Waals surface area contributed by atoms with Gasteiger partial charge in [0.1, 0.15) is 0 Å². The maximum Gasteiger partial charge on any atom is 0.227 e. The Hall–Kier alpha value is -1.43. The van der Waals surface area contributed by atoms with Crippen LogP contribution in [0, 0.1) is 6.92 Å². The molecule has 0 aliphatic carbocycles. The van der Waals surface area contributed by atoms with Crippen LogP contribution in [0.4, 0.5) is 0 Å². The number of amides is 1. The van der Waals surface area contributed by atoms with Gasteiger partial charge in [-0.15, -0.1) is 0 Å². The first-order chi connectivity index (χ1) is 10.6. The minimum Gasteiger partial charge on any atom is -0.395 e. The number of aliphatic hydroxyl groups excluding tert-OH is 1. The number of hydrogen-bond donors (Lipinski definition) is 1. The summed E-state index contributed by atoms with van der Waals surface area (Å²) in [4.78, 5) is 16.6. The zero-order valence-corrected chi connectivity index (χ0v) is 13.5. The van der Waals surface area contributed by atoms with E-state index in [0.717, 1.165) is 12.1 Å². The van der Waals surface area contributed by atoms with Crippen molar-refractivity contribution < 1.29 is 14.6 Å². The van der Waals surface area contributed by atoms with Crippen molar-refractivity contribution in [1.29, 1.82) is 0 Å². The number of carbonyl (C=O) groups excluding carboxylic acids is 1. The molecular formula is C17H26N2O3. The van der Waals surface area contributed by atoms with Gasteiger partial charge in [-0.05, 0) is 19.5 Å². The van der Waals surface area contributed by atoms with Crippen molar-refractivity contribution in [3.63, 3.8) is 0 Å². The zero-order valence-electron chi connectivity index (χ0n) is 13.5. The fourth-order valence-electron chi connectivity index (χ4n) is 2.85. The van der Waals surface area contributed by atoms with Crippen LogP contribution >= 0.6 is 0 Å². The van der Waals surface area contributed by atoms with E-state index in [0.29, 0.717) is 32.7 Å². The first-order valence-corrected chi connectivity index (χ1v) is 7.82. The normalized spacial score (nSPS) is 18.7. The van der Waals surface area contributed by atoms with Gasteiger partial charge in [0.15, 0.2) is 0 Å². The lowest BCUT2D eigenvalue weighted by atomic mass is 10.1. The smallest absolute Gasteiger partial charge is 0.227 e. The average molecular weight is 306 g/mol. The molecular weight excluding hydrogens is 280 g/mol. The Morgan fingerprint density at radius 1 is 1.50 bits per heavy atom. The molecule has 122 valence electrons. The van der Waals surface area contributed by atoms with Crippen LogP contribution in [0.25, 0.3) is 0 Å². The second-order valence-electron chi connectivity index (χ2n) is 5.97. The van der Waals surface area contributed by atoms with Gasteiger partial charge >= 0.3 is 0 Å². The summed E-state index contributed by atoms with van der Waals surface area (Å²) in [6.45, 7) is 5.30. The fourth-order valence-corrected chi connectivity index (χ4v) is 2.85. The van der Waals surface area contributed by atoms with Gasteiger partial charge in [0.25, 0.3) is 0 Å². The number of likely N-dealkylation sites (N-methyl/N-ethyl adjacent to an activating group) is 1. The van der Waals surface area contributed by atoms with Crippen LogP contribution in [-0.2, 0) is 16.0 Å². The molecule has 5 heteroatoms. The summed E-state index contributed by atoms with van der Waals surface area (Å²) in [5, 5.41) is 9.01. The van der Waals surface area contributed by atoms with Gasteiger partial charge in [-0.25, -0.2) is 0 Å². The summed E-state index contributed by atoms with van der Waals surface area (Å²) in [7, 11) is 1.95. The van der Waals surface area contributed by atoms with Crippen LogP contribution in [0.3, 0.4) is 0 Å². The third-order valence-electron chi connectivity index (χ3n) is 3.99. The first kappa shape index (κ1) is 16.9. The molecule has 1 fully saturated rings. The van der Waals surface area contributed by atoms with E-state index in [2.05, 4.69) is 6.07 Å². The molecule has 0 bridgehead atoms. The standard InChI is InChI=1S/C17H26N2O3/c1-14-4-3-5-15(10-14)11-17(21)19-7-9-22-13-16(19)12-18(2)6-8-20/h3-5,10,16,20H,6-9,11-13H2,1-2H3. The predicted octanol–water partition coefficient (Wildman–Crippen LogP) is 0.689. The first-order valence-electron chi connectivity index (χ1n) is 7.82. The Morgan fingerprint density at radius 3 is 3.05 bits per heavy atom. The topological polar surface area (TPSA) is 53.0 Å². The second kappa shape index (κ2) is 8.27. The van der Waals surface area contributed by atoms with Crippen LogP contribution in [0.2, 0.25) is 0 Å². The van der Waals surface area contributed by atoms with E-state index in [1.807, 2.05) is 42.0 Å². The fraction of sp³-hybridized carbons (Fsp3) is 0.588. The van der Waals surface area contributed by atoms with Gasteiger partial charge in [-0.1, -0.05) is 29.8 Å². The molecule has 1 aliphatic heterocycles. The molecule has 0 spiro atoms. The minimum absolute atomic E-state index is 0.0580. The number of benzene rings is 1. The highest BCUT2D eigenvalue weighted by molar-refractivity contribution is 5.79. The number of rotatable bonds is 6. The largest absolute Gasteiger partial charge is 0.395 e. The summed E-state index contributed by atoms with van der Waals surface area (Å²) in [6, 6.07) is 8.14. The number of aliphatic hydroxyl groups is 1. The predicted molar refractivity (Wildman–Crippen MR) is 85.8 cm³/mol. The van der Waals surface area contributed by atoms with Crippen molar-refractivity contribution in [2.45, 2.75) is 19.4 Å². The molecule has 0 aromatic heterocycles. The van der Waals surface area contributed by atoms with E-state index in [4.69, 9.17) is 9.84 Å². The van der Waals surface area contributed by atoms with E-state index < -0.39 is 0 Å². The Bertz CT molecular complexity index is 493. The molecule has 22 heavy (non-hydrogen) atoms. The van der Waals surface area contributed by atoms with Crippen molar-refractivity contribution >= 4 is 5.91 Å². The van der Waals surface area contributed by atoms with E-state index in [1.165, 1.54) is 5.56 Å². The molecule has 2 rings (SSSR count). The number of morpholine rings is 1. The molecule has 1 aliphatic rings. The summed E-state index contributed by atoms with van der Waals surface area (Å²) < 4.78 is 5.53. The quantitative estimate of drug-likeness (QED) is 0.840. The van der Waals surface area contributed by atoms with Crippen molar-refractivity contribution in [1.82, 2.24) is 9.80 Å². The van der Waals surface area contributed by atoms with Crippen LogP contribution in [0.15, 0.2) is 24.3 Å². The number of ether oxygens (including phenoxy) is 1. The lowest BCUT2D eigenvalue weighted by Gasteiger charge is -2.37. The Labute approximate surface area is 132 Å². The number of carbonyl (C=O) groups is 1. The van der Waals surface area contributed by atoms with Gasteiger partial charge in [0.05, 0.1) is 32.3 Å². The number of hydrogen-bond acceptors (Lipinski definition) is 4. The third kappa shape index (κ3) is 4.80. The van der Waals surface area contributed by atoms with E-state index in [1.54, 1.807) is 0 Å². The highest BCUT2D eigenvalue weighted by Gasteiger charge is 2.28. The molecule has 1 N–H and O–H groups in total. The summed E-state index contributed by atoms with van der Waals surface area (Å²) in [5.74, 6) is 0.149. The molecule has 1 heterocycles. The lowest BCUT2D eigenvalue weighted by Crippen LogP contribution is -2.53. The maximum absolute atomic E-state index is 12.6. The molecule has 0 radical (unpaired) electrons. The average Bonchev–Trinajstić information content (AvgIpc) is 2.48. The maximum atomic E-state index is 12.6. The SMILES string of the molecule is Cc1cccc(CC(=O)N2CCOCC2CN(C)CCO)c1. The molecule has 1 saturated heterocycles. The van der Waals surface area contributed by atoms with Crippen LogP contribution < -0.4 is 0 Å². The molecule has 5 nitrogen and oxygen atoms in total. The van der Waals surface area contributed by atoms with Gasteiger partial charge in [-0.3, -0.25) is 4.79 Å². The Morgan fingerprint density at radius 2 is 2.32 bits per heavy atom. The van der Waals surface area contributed by atoms with Crippen LogP contribution in [-0.4, -0.2) is 73.4 Å². The molecule has 1 aromatic rings. The zero-order chi connectivity index (χ0) is 15.9. The van der Waals surface area contributed by atoms with Gasteiger partial charge in [0.2, 0.25) is 5.91 Å². The molecule has 1 unspecified atom stereocenters. The van der Waals surface area contributed by atoms with Crippen molar-refractivity contribution in [2.75, 3.05) is 46.5 Å². The van der Waals surface area contributed by atoms with Crippen molar-refractivity contribution in [3.8, 4) is 0 Å². The minimum atomic E-state index is 0.0580. The van der Waals surface area contributed by atoms with E-state index in [9.17, 15) is 4.79 Å². The van der Waals surface area contributed by atoms with Crippen LogP contribution in [0.5, 0.6) is 0 Å². The van der Waals surface area contributed by atoms with Gasteiger partial charge in [-0.2, -0.15) is 0 Å². The van der Waals surface area contributed by atoms with Crippen molar-refractivity contribution in [3.05, 3.63) is 35.4 Å². The lowest BCUT2D eigenvalue weighted by molar-refractivity contribution is -0.139. The molecule has 1 amide bonds. The van der Waals surface area contributed by atoms with Crippen LogP contribution in [0.1, 0.15) is 11.1 Å². The second-order valence-corrected chi connectivity index (χ2v) is 5.97. The molecule has 1 atom stereocenters. The Kier molecular flexibility index (Phi) is 6.36. The Balaban J connectivity index is 1.98. The summed E-state index contributed by atoms with van der Waals surface area (Å²) in [5.41, 5.74) is 2.23. The number of aryl methyl sites for hydroxylation is 1. The van der Waals surface area contributed by atoms with E-state index >= 15 is 0 Å². The highest BCUT2D eigenvalue weighted by atomic mass is 16.5. The van der Waals surface area contributed by atoms with Crippen molar-refractivity contribution in [2.24, 2.45) is 0 Å². The van der Waals surface area contributed by atoms with Gasteiger partial charge < -0.3 is 19.6 Å². The molecule has 1 aromatic carbocycles. The van der Waals surface area contributed by atoms with E-state index in [-0.39, 0.29) is 18.6 Å². The molecule has 0 saturated carbocycles. The number of nitrogens with zero attached hydrogens (tertiary/aromatic N) is 2. The summed E-state index contributed by atoms with van der Waals surface area (Å²) >= 11 is 0. The highest BCUT2D eigenvalue weighted by Crippen LogP contribution is 2.12.